The number of amides is 1. The highest BCUT2D eigenvalue weighted by atomic mass is 16.2. The molecule has 2 rings (SSSR count). The van der Waals surface area contributed by atoms with Crippen molar-refractivity contribution < 1.29 is 4.79 Å². The Labute approximate surface area is 133 Å². The lowest BCUT2D eigenvalue weighted by atomic mass is 10.2. The monoisotopic (exact) mass is 305 g/mol. The van der Waals surface area contributed by atoms with Gasteiger partial charge in [-0.2, -0.15) is 0 Å². The largest absolute Gasteiger partial charge is 0.357 e. The summed E-state index contributed by atoms with van der Waals surface area (Å²) in [7, 11) is 2.08. The van der Waals surface area contributed by atoms with Crippen molar-refractivity contribution in [2.24, 2.45) is 0 Å². The summed E-state index contributed by atoms with van der Waals surface area (Å²) in [4.78, 5) is 27.5. The molecule has 6 heteroatoms. The van der Waals surface area contributed by atoms with E-state index in [4.69, 9.17) is 0 Å². The van der Waals surface area contributed by atoms with E-state index in [0.29, 0.717) is 5.69 Å². The van der Waals surface area contributed by atoms with Gasteiger partial charge in [0.15, 0.2) is 0 Å². The van der Waals surface area contributed by atoms with Gasteiger partial charge in [0.2, 0.25) is 0 Å². The topological polar surface area (TPSA) is 52.6 Å². The summed E-state index contributed by atoms with van der Waals surface area (Å²) >= 11 is 0. The molecule has 0 radical (unpaired) electrons. The molecule has 1 fully saturated rings. The molecule has 1 aliphatic heterocycles. The van der Waals surface area contributed by atoms with Crippen LogP contribution < -0.4 is 4.90 Å². The Morgan fingerprint density at radius 2 is 1.77 bits per heavy atom. The van der Waals surface area contributed by atoms with Crippen LogP contribution in [0, 0.1) is 0 Å². The Hall–Kier alpha value is -1.69. The van der Waals surface area contributed by atoms with Gasteiger partial charge in [0.1, 0.15) is 17.8 Å². The highest BCUT2D eigenvalue weighted by molar-refractivity contribution is 5.93. The van der Waals surface area contributed by atoms with Gasteiger partial charge in [0, 0.05) is 45.3 Å². The van der Waals surface area contributed by atoms with Crippen molar-refractivity contribution in [3.8, 4) is 0 Å². The van der Waals surface area contributed by atoms with Gasteiger partial charge < -0.3 is 14.7 Å². The number of carbonyl (C=O) groups is 1. The average Bonchev–Trinajstić information content (AvgIpc) is 2.55. The molecule has 22 heavy (non-hydrogen) atoms. The highest BCUT2D eigenvalue weighted by Gasteiger charge is 2.22. The predicted molar refractivity (Wildman–Crippen MR) is 88.2 cm³/mol. The minimum atomic E-state index is 0.0182. The van der Waals surface area contributed by atoms with Gasteiger partial charge >= 0.3 is 0 Å². The van der Waals surface area contributed by atoms with Crippen LogP contribution in [0.3, 0.4) is 0 Å². The summed E-state index contributed by atoms with van der Waals surface area (Å²) in [5.41, 5.74) is 0.506. The first-order valence-corrected chi connectivity index (χ1v) is 8.20. The maximum Gasteiger partial charge on any atom is 0.272 e. The molecular formula is C16H27N5O. The SMILES string of the molecule is CCCN(CCC)c1cc(C(=O)N2CCN(C)CC2)ncn1. The molecule has 6 nitrogen and oxygen atoms in total. The van der Waals surface area contributed by atoms with Gasteiger partial charge in [-0.15, -0.1) is 0 Å². The first-order valence-electron chi connectivity index (χ1n) is 8.20. The third-order valence-electron chi connectivity index (χ3n) is 3.97. The van der Waals surface area contributed by atoms with Crippen molar-refractivity contribution in [3.63, 3.8) is 0 Å². The number of likely N-dealkylation sites (N-methyl/N-ethyl adjacent to an activating group) is 1. The lowest BCUT2D eigenvalue weighted by Crippen LogP contribution is -2.47. The van der Waals surface area contributed by atoms with Crippen LogP contribution in [0.5, 0.6) is 0 Å². The van der Waals surface area contributed by atoms with Crippen LogP contribution in [0.15, 0.2) is 12.4 Å². The van der Waals surface area contributed by atoms with Crippen LogP contribution in [0.2, 0.25) is 0 Å². The molecule has 1 aromatic heterocycles. The molecule has 1 aromatic rings. The standard InChI is InChI=1S/C16H27N5O/c1-4-6-20(7-5-2)15-12-14(17-13-18-15)16(22)21-10-8-19(3)9-11-21/h12-13H,4-11H2,1-3H3. The van der Waals surface area contributed by atoms with E-state index in [1.807, 2.05) is 11.0 Å². The van der Waals surface area contributed by atoms with Crippen molar-refractivity contribution in [3.05, 3.63) is 18.1 Å². The second-order valence-corrected chi connectivity index (χ2v) is 5.84. The van der Waals surface area contributed by atoms with Crippen molar-refractivity contribution in [1.82, 2.24) is 19.8 Å². The maximum absolute atomic E-state index is 12.6. The fourth-order valence-electron chi connectivity index (χ4n) is 2.69. The quantitative estimate of drug-likeness (QED) is 0.797. The second kappa shape index (κ2) is 8.08. The Morgan fingerprint density at radius 3 is 2.36 bits per heavy atom. The molecular weight excluding hydrogens is 278 g/mol. The number of nitrogens with zero attached hydrogens (tertiary/aromatic N) is 5. The van der Waals surface area contributed by atoms with Crippen LogP contribution in [0.25, 0.3) is 0 Å². The van der Waals surface area contributed by atoms with Gasteiger partial charge in [-0.3, -0.25) is 4.79 Å². The van der Waals surface area contributed by atoms with Crippen molar-refractivity contribution >= 4 is 11.7 Å². The van der Waals surface area contributed by atoms with Crippen LogP contribution in [-0.2, 0) is 0 Å². The zero-order valence-corrected chi connectivity index (χ0v) is 14.0. The fraction of sp³-hybridized carbons (Fsp3) is 0.688. The number of carbonyl (C=O) groups excluding carboxylic acids is 1. The van der Waals surface area contributed by atoms with Crippen LogP contribution in [-0.4, -0.2) is 72.0 Å². The molecule has 0 bridgehead atoms. The number of rotatable bonds is 6. The molecule has 0 atom stereocenters. The van der Waals surface area contributed by atoms with Gasteiger partial charge in [-0.1, -0.05) is 13.8 Å². The minimum absolute atomic E-state index is 0.0182. The number of piperazine rings is 1. The van der Waals surface area contributed by atoms with Crippen molar-refractivity contribution in [1.29, 1.82) is 0 Å². The third kappa shape index (κ3) is 4.16. The zero-order valence-electron chi connectivity index (χ0n) is 14.0. The van der Waals surface area contributed by atoms with E-state index in [9.17, 15) is 4.79 Å². The van der Waals surface area contributed by atoms with Gasteiger partial charge in [0.25, 0.3) is 5.91 Å². The molecule has 0 spiro atoms. The molecule has 1 saturated heterocycles. The van der Waals surface area contributed by atoms with E-state index >= 15 is 0 Å². The molecule has 0 unspecified atom stereocenters. The number of hydrogen-bond donors (Lipinski definition) is 0. The first kappa shape index (κ1) is 16.7. The molecule has 0 N–H and O–H groups in total. The summed E-state index contributed by atoms with van der Waals surface area (Å²) in [6.07, 6.45) is 3.63. The summed E-state index contributed by atoms with van der Waals surface area (Å²) in [6, 6.07) is 1.84. The maximum atomic E-state index is 12.6. The lowest BCUT2D eigenvalue weighted by molar-refractivity contribution is 0.0658. The Kier molecular flexibility index (Phi) is 6.12. The molecule has 0 aromatic carbocycles. The first-order chi connectivity index (χ1) is 10.7. The number of anilines is 1. The number of hydrogen-bond acceptors (Lipinski definition) is 5. The van der Waals surface area contributed by atoms with Gasteiger partial charge in [-0.25, -0.2) is 9.97 Å². The lowest BCUT2D eigenvalue weighted by Gasteiger charge is -2.32. The van der Waals surface area contributed by atoms with E-state index < -0.39 is 0 Å². The molecule has 1 amide bonds. The molecule has 122 valence electrons. The molecule has 0 saturated carbocycles. The van der Waals surface area contributed by atoms with Gasteiger partial charge in [-0.05, 0) is 19.9 Å². The molecule has 0 aliphatic carbocycles. The van der Waals surface area contributed by atoms with Crippen LogP contribution in [0.1, 0.15) is 37.2 Å². The van der Waals surface area contributed by atoms with Crippen LogP contribution >= 0.6 is 0 Å². The summed E-state index contributed by atoms with van der Waals surface area (Å²) in [5.74, 6) is 0.876. The van der Waals surface area contributed by atoms with Crippen LogP contribution in [0.4, 0.5) is 5.82 Å². The number of aromatic nitrogens is 2. The molecule has 1 aliphatic rings. The third-order valence-corrected chi connectivity index (χ3v) is 3.97. The highest BCUT2D eigenvalue weighted by Crippen LogP contribution is 2.14. The van der Waals surface area contributed by atoms with Crippen molar-refractivity contribution in [2.75, 3.05) is 51.2 Å². The Balaban J connectivity index is 2.11. The molecule has 2 heterocycles. The smallest absolute Gasteiger partial charge is 0.272 e. The Morgan fingerprint density at radius 1 is 1.14 bits per heavy atom. The van der Waals surface area contributed by atoms with Gasteiger partial charge in [0.05, 0.1) is 0 Å². The average molecular weight is 305 g/mol. The second-order valence-electron chi connectivity index (χ2n) is 5.84. The van der Waals surface area contributed by atoms with E-state index in [1.165, 1.54) is 6.33 Å². The van der Waals surface area contributed by atoms with E-state index in [1.54, 1.807) is 0 Å². The summed E-state index contributed by atoms with van der Waals surface area (Å²) in [6.45, 7) is 9.58. The fourth-order valence-corrected chi connectivity index (χ4v) is 2.69. The van der Waals surface area contributed by atoms with E-state index in [0.717, 1.165) is 57.9 Å². The zero-order chi connectivity index (χ0) is 15.9. The van der Waals surface area contributed by atoms with Crippen molar-refractivity contribution in [2.45, 2.75) is 26.7 Å². The summed E-state index contributed by atoms with van der Waals surface area (Å²) < 4.78 is 0. The minimum Gasteiger partial charge on any atom is -0.357 e. The van der Waals surface area contributed by atoms with E-state index in [2.05, 4.69) is 40.7 Å². The van der Waals surface area contributed by atoms with E-state index in [-0.39, 0.29) is 5.91 Å². The normalized spacial score (nSPS) is 15.9. The summed E-state index contributed by atoms with van der Waals surface area (Å²) in [5, 5.41) is 0. The Bertz CT molecular complexity index is 479. The predicted octanol–water partition coefficient (Wildman–Crippen LogP) is 1.49.